The smallest absolute Gasteiger partial charge is 0.332 e. The van der Waals surface area contributed by atoms with Gasteiger partial charge < -0.3 is 4.74 Å². The molecule has 0 N–H and O–H groups in total. The first-order chi connectivity index (χ1) is 11.4. The van der Waals surface area contributed by atoms with Gasteiger partial charge in [-0.25, -0.2) is 9.78 Å². The summed E-state index contributed by atoms with van der Waals surface area (Å²) in [7, 11) is 2.98. The molecular formula is C15H21N5O4. The van der Waals surface area contributed by atoms with Crippen molar-refractivity contribution < 1.29 is 9.53 Å². The molecule has 3 heterocycles. The lowest BCUT2D eigenvalue weighted by atomic mass is 10.1. The fourth-order valence-electron chi connectivity index (χ4n) is 3.13. The normalized spacial score (nSPS) is 17.1. The number of carbonyl (C=O) groups excluding carboxylic acids is 1. The van der Waals surface area contributed by atoms with Crippen molar-refractivity contribution in [3.63, 3.8) is 0 Å². The molecule has 1 aliphatic rings. The van der Waals surface area contributed by atoms with E-state index in [1.165, 1.54) is 24.9 Å². The number of nitrogens with zero attached hydrogens (tertiary/aromatic N) is 5. The van der Waals surface area contributed by atoms with Gasteiger partial charge in [-0.05, 0) is 12.8 Å². The number of ether oxygens (including phenoxy) is 1. The van der Waals surface area contributed by atoms with E-state index in [0.29, 0.717) is 0 Å². The Hall–Kier alpha value is -2.42. The summed E-state index contributed by atoms with van der Waals surface area (Å²) in [6, 6.07) is 0. The molecule has 130 valence electrons. The van der Waals surface area contributed by atoms with Crippen LogP contribution in [0.3, 0.4) is 0 Å². The zero-order valence-corrected chi connectivity index (χ0v) is 14.1. The molecule has 0 bridgehead atoms. The van der Waals surface area contributed by atoms with E-state index in [2.05, 4.69) is 4.98 Å². The fraction of sp³-hybridized carbons (Fsp3) is 0.600. The lowest BCUT2D eigenvalue weighted by Gasteiger charge is -2.34. The second-order valence-corrected chi connectivity index (χ2v) is 6.06. The summed E-state index contributed by atoms with van der Waals surface area (Å²) < 4.78 is 9.37. The predicted octanol–water partition coefficient (Wildman–Crippen LogP) is -0.0612. The predicted molar refractivity (Wildman–Crippen MR) is 86.4 cm³/mol. The minimum Gasteiger partial charge on any atom is -0.427 e. The van der Waals surface area contributed by atoms with Crippen LogP contribution in [0.25, 0.3) is 11.2 Å². The number of piperidine rings is 1. The van der Waals surface area contributed by atoms with Crippen molar-refractivity contribution in [1.82, 2.24) is 23.6 Å². The van der Waals surface area contributed by atoms with Gasteiger partial charge in [-0.3, -0.25) is 28.2 Å². The molecule has 24 heavy (non-hydrogen) atoms. The van der Waals surface area contributed by atoms with Crippen molar-refractivity contribution in [2.24, 2.45) is 14.1 Å². The Balaban J connectivity index is 2.19. The van der Waals surface area contributed by atoms with Crippen LogP contribution in [-0.2, 0) is 23.6 Å². The number of fused-ring (bicyclic) bond motifs is 1. The maximum atomic E-state index is 12.6. The van der Waals surface area contributed by atoms with Crippen molar-refractivity contribution in [3.8, 4) is 0 Å². The summed E-state index contributed by atoms with van der Waals surface area (Å²) in [5.41, 5.74) is -0.381. The van der Waals surface area contributed by atoms with Crippen LogP contribution in [0, 0.1) is 0 Å². The SMILES string of the molecule is CC(=O)OC(N1CCCCC1)n1cnc2c1c(=O)n(C)c(=O)n2C. The molecule has 1 unspecified atom stereocenters. The monoisotopic (exact) mass is 335 g/mol. The molecule has 1 saturated heterocycles. The molecule has 1 fully saturated rings. The molecular weight excluding hydrogens is 314 g/mol. The zero-order chi connectivity index (χ0) is 17.4. The molecule has 0 amide bonds. The van der Waals surface area contributed by atoms with Crippen molar-refractivity contribution in [2.75, 3.05) is 13.1 Å². The van der Waals surface area contributed by atoms with Gasteiger partial charge in [-0.1, -0.05) is 6.42 Å². The van der Waals surface area contributed by atoms with Gasteiger partial charge in [0.25, 0.3) is 5.56 Å². The third kappa shape index (κ3) is 2.64. The fourth-order valence-corrected chi connectivity index (χ4v) is 3.13. The third-order valence-electron chi connectivity index (χ3n) is 4.39. The number of hydrogen-bond donors (Lipinski definition) is 0. The standard InChI is InChI=1S/C15H21N5O4/c1-10(21)24-15(19-7-5-4-6-8-19)20-9-16-12-11(20)13(22)18(3)14(23)17(12)2/h9,15H,4-8H2,1-3H3. The van der Waals surface area contributed by atoms with Gasteiger partial charge in [0.1, 0.15) is 6.33 Å². The van der Waals surface area contributed by atoms with Gasteiger partial charge in [-0.15, -0.1) is 0 Å². The van der Waals surface area contributed by atoms with E-state index in [0.717, 1.165) is 36.9 Å². The van der Waals surface area contributed by atoms with Crippen molar-refractivity contribution in [3.05, 3.63) is 27.2 Å². The zero-order valence-electron chi connectivity index (χ0n) is 14.1. The minimum atomic E-state index is -0.738. The molecule has 1 aliphatic heterocycles. The van der Waals surface area contributed by atoms with Crippen molar-refractivity contribution in [1.29, 1.82) is 0 Å². The number of esters is 1. The van der Waals surface area contributed by atoms with E-state index in [4.69, 9.17) is 4.74 Å². The molecule has 9 nitrogen and oxygen atoms in total. The van der Waals surface area contributed by atoms with Crippen LogP contribution < -0.4 is 11.2 Å². The molecule has 2 aromatic rings. The number of rotatable bonds is 3. The first-order valence-corrected chi connectivity index (χ1v) is 7.95. The number of aromatic nitrogens is 4. The number of carbonyl (C=O) groups is 1. The van der Waals surface area contributed by atoms with Gasteiger partial charge in [-0.2, -0.15) is 0 Å². The first-order valence-electron chi connectivity index (χ1n) is 7.95. The lowest BCUT2D eigenvalue weighted by molar-refractivity contribution is -0.168. The summed E-state index contributed by atoms with van der Waals surface area (Å²) in [6.07, 6.45) is 3.85. The minimum absolute atomic E-state index is 0.247. The number of aryl methyl sites for hydroxylation is 1. The maximum Gasteiger partial charge on any atom is 0.332 e. The third-order valence-corrected chi connectivity index (χ3v) is 4.39. The highest BCUT2D eigenvalue weighted by atomic mass is 16.6. The molecule has 3 rings (SSSR count). The largest absolute Gasteiger partial charge is 0.427 e. The van der Waals surface area contributed by atoms with E-state index in [1.54, 1.807) is 11.6 Å². The molecule has 1 atom stereocenters. The van der Waals surface area contributed by atoms with Gasteiger partial charge in [0, 0.05) is 34.1 Å². The summed E-state index contributed by atoms with van der Waals surface area (Å²) in [5, 5.41) is 0. The van der Waals surface area contributed by atoms with Gasteiger partial charge in [0.05, 0.1) is 0 Å². The van der Waals surface area contributed by atoms with Crippen LogP contribution in [0.5, 0.6) is 0 Å². The average molecular weight is 335 g/mol. The Labute approximate surface area is 138 Å². The Morgan fingerprint density at radius 2 is 1.83 bits per heavy atom. The summed E-state index contributed by atoms with van der Waals surface area (Å²) >= 11 is 0. The highest BCUT2D eigenvalue weighted by Gasteiger charge is 2.28. The second-order valence-electron chi connectivity index (χ2n) is 6.06. The van der Waals surface area contributed by atoms with Crippen LogP contribution in [0.15, 0.2) is 15.9 Å². The highest BCUT2D eigenvalue weighted by Crippen LogP contribution is 2.23. The first kappa shape index (κ1) is 16.4. The van der Waals surface area contributed by atoms with Crippen LogP contribution in [0.4, 0.5) is 0 Å². The van der Waals surface area contributed by atoms with Crippen LogP contribution in [0.1, 0.15) is 32.5 Å². The molecule has 0 spiro atoms. The Bertz CT molecular complexity index is 888. The molecule has 2 aromatic heterocycles. The van der Waals surface area contributed by atoms with Gasteiger partial charge in [0.2, 0.25) is 6.35 Å². The van der Waals surface area contributed by atoms with Crippen LogP contribution in [-0.4, -0.2) is 42.6 Å². The average Bonchev–Trinajstić information content (AvgIpc) is 3.01. The molecule has 0 aliphatic carbocycles. The summed E-state index contributed by atoms with van der Waals surface area (Å²) in [6.45, 7) is 2.87. The Morgan fingerprint density at radius 3 is 2.46 bits per heavy atom. The van der Waals surface area contributed by atoms with Crippen LogP contribution in [0.2, 0.25) is 0 Å². The number of hydrogen-bond acceptors (Lipinski definition) is 6. The van der Waals surface area contributed by atoms with Crippen molar-refractivity contribution >= 4 is 17.1 Å². The topological polar surface area (TPSA) is 91.4 Å². The summed E-state index contributed by atoms with van der Waals surface area (Å²) in [5.74, 6) is -0.436. The van der Waals surface area contributed by atoms with E-state index in [9.17, 15) is 14.4 Å². The van der Waals surface area contributed by atoms with E-state index in [1.807, 2.05) is 4.90 Å². The van der Waals surface area contributed by atoms with Gasteiger partial charge >= 0.3 is 11.7 Å². The highest BCUT2D eigenvalue weighted by molar-refractivity contribution is 5.70. The molecule has 0 aromatic carbocycles. The van der Waals surface area contributed by atoms with Gasteiger partial charge in [0.15, 0.2) is 11.2 Å². The molecule has 0 saturated carbocycles. The Kier molecular flexibility index (Phi) is 4.27. The van der Waals surface area contributed by atoms with Crippen LogP contribution >= 0.6 is 0 Å². The second kappa shape index (κ2) is 6.23. The maximum absolute atomic E-state index is 12.6. The number of imidazole rings is 1. The lowest BCUT2D eigenvalue weighted by Crippen LogP contribution is -2.41. The van der Waals surface area contributed by atoms with E-state index >= 15 is 0 Å². The number of likely N-dealkylation sites (tertiary alicyclic amines) is 1. The van der Waals surface area contributed by atoms with E-state index < -0.39 is 23.6 Å². The molecule has 9 heteroatoms. The summed E-state index contributed by atoms with van der Waals surface area (Å²) in [4.78, 5) is 42.4. The quantitative estimate of drug-likeness (QED) is 0.730. The van der Waals surface area contributed by atoms with Crippen molar-refractivity contribution in [2.45, 2.75) is 32.5 Å². The Morgan fingerprint density at radius 1 is 1.17 bits per heavy atom. The van der Waals surface area contributed by atoms with E-state index in [-0.39, 0.29) is 11.2 Å². The molecule has 0 radical (unpaired) electrons.